The summed E-state index contributed by atoms with van der Waals surface area (Å²) in [5.41, 5.74) is 3.77. The fraction of sp³-hybridized carbons (Fsp3) is 0.743. The number of aliphatic hydroxyl groups is 1. The van der Waals surface area contributed by atoms with Crippen molar-refractivity contribution in [3.8, 4) is 11.8 Å². The van der Waals surface area contributed by atoms with E-state index < -0.39 is 11.1 Å². The van der Waals surface area contributed by atoms with Crippen molar-refractivity contribution in [3.05, 3.63) is 34.9 Å². The zero-order chi connectivity index (χ0) is 28.5. The number of aliphatic hydroxyl groups excluding tert-OH is 1. The van der Waals surface area contributed by atoms with Gasteiger partial charge in [0.05, 0.1) is 6.10 Å². The summed E-state index contributed by atoms with van der Waals surface area (Å²) in [5, 5.41) is 11.8. The molecule has 0 radical (unpaired) electrons. The molecule has 0 aliphatic heterocycles. The Hall–Kier alpha value is -1.37. The van der Waals surface area contributed by atoms with Crippen LogP contribution < -0.4 is 0 Å². The Morgan fingerprint density at radius 2 is 1.79 bits per heavy atom. The van der Waals surface area contributed by atoms with Crippen LogP contribution in [0, 0.1) is 57.2 Å². The number of rotatable bonds is 5. The van der Waals surface area contributed by atoms with Crippen LogP contribution in [0.2, 0.25) is 5.04 Å². The van der Waals surface area contributed by atoms with Gasteiger partial charge in [-0.25, -0.2) is 0 Å². The number of fused-ring (bicyclic) bond motifs is 5. The maximum Gasteiger partial charge on any atom is 0.142 e. The molecule has 0 heterocycles. The van der Waals surface area contributed by atoms with Crippen LogP contribution in [0.5, 0.6) is 0 Å². The van der Waals surface area contributed by atoms with E-state index in [9.17, 15) is 9.90 Å². The zero-order valence-electron chi connectivity index (χ0n) is 26.2. The van der Waals surface area contributed by atoms with Gasteiger partial charge in [-0.2, -0.15) is 0 Å². The molecule has 0 spiro atoms. The smallest absolute Gasteiger partial charge is 0.142 e. The number of ketones is 1. The molecule has 2 unspecified atom stereocenters. The van der Waals surface area contributed by atoms with Gasteiger partial charge in [0.25, 0.3) is 0 Å². The minimum absolute atomic E-state index is 0.0414. The van der Waals surface area contributed by atoms with Gasteiger partial charge in [0.15, 0.2) is 0 Å². The highest BCUT2D eigenvalue weighted by molar-refractivity contribution is 6.31. The summed E-state index contributed by atoms with van der Waals surface area (Å²) in [4.78, 5) is 14.0. The number of hydrogen-bond donors (Lipinski definition) is 1. The predicted octanol–water partition coefficient (Wildman–Crippen LogP) is 7.23. The highest BCUT2D eigenvalue weighted by atomic mass is 28.1. The minimum atomic E-state index is -0.662. The van der Waals surface area contributed by atoms with Crippen molar-refractivity contribution in [2.45, 2.75) is 119 Å². The molecule has 0 aromatic heterocycles. The third-order valence-electron chi connectivity index (χ3n) is 12.9. The molecule has 38 heavy (non-hydrogen) atoms. The Kier molecular flexibility index (Phi) is 7.50. The Bertz CT molecular complexity index is 1140. The first-order chi connectivity index (χ1) is 17.5. The first-order valence-corrected chi connectivity index (χ1v) is 16.3. The van der Waals surface area contributed by atoms with Crippen LogP contribution in [-0.2, 0) is 4.79 Å². The van der Waals surface area contributed by atoms with Gasteiger partial charge in [-0.05, 0) is 53.3 Å². The first kappa shape index (κ1) is 29.6. The number of hydrogen-bond acceptors (Lipinski definition) is 2. The van der Waals surface area contributed by atoms with E-state index in [2.05, 4.69) is 99.3 Å². The first-order valence-electron chi connectivity index (χ1n) is 15.3. The third-order valence-corrected chi connectivity index (χ3v) is 15.3. The van der Waals surface area contributed by atoms with Gasteiger partial charge < -0.3 is 5.11 Å². The summed E-state index contributed by atoms with van der Waals surface area (Å²) in [6.45, 7) is 22.8. The van der Waals surface area contributed by atoms with E-state index in [1.165, 1.54) is 11.1 Å². The molecular weight excluding hydrogens is 480 g/mol. The third kappa shape index (κ3) is 3.94. The molecule has 4 aliphatic carbocycles. The molecule has 0 bridgehead atoms. The van der Waals surface area contributed by atoms with Crippen LogP contribution in [0.1, 0.15) is 108 Å². The van der Waals surface area contributed by atoms with Gasteiger partial charge >= 0.3 is 0 Å². The summed E-state index contributed by atoms with van der Waals surface area (Å²) in [6, 6.07) is 0. The molecular formula is C35H54O2Si. The molecule has 2 fully saturated rings. The average molecular weight is 535 g/mol. The van der Waals surface area contributed by atoms with E-state index in [-0.39, 0.29) is 27.4 Å². The lowest BCUT2D eigenvalue weighted by Gasteiger charge is -2.64. The molecule has 210 valence electrons. The lowest BCUT2D eigenvalue weighted by molar-refractivity contribution is -0.149. The van der Waals surface area contributed by atoms with Crippen molar-refractivity contribution in [1.29, 1.82) is 0 Å². The van der Waals surface area contributed by atoms with Crippen molar-refractivity contribution >= 4 is 16.0 Å². The average Bonchev–Trinajstić information content (AvgIpc) is 3.20. The van der Waals surface area contributed by atoms with E-state index in [4.69, 9.17) is 0 Å². The standard InChI is InChI=1S/C35H54O2Si/c1-11-31(5,6)32(7,8)35(38)29(36)21-24-15-16-25-27-18-17-26(23(4)14-12-13-22(2)3)33(27,9)20-19-28(25)34(24,10)30(35)37/h15-17,22-23,27-28,30,37H,11,14,18-21H2,1-10,38H3/t23-,27+,28+,30?,33-,34+,35?/m1/s1. The molecule has 0 aromatic carbocycles. The second kappa shape index (κ2) is 9.62. The van der Waals surface area contributed by atoms with Gasteiger partial charge in [0.1, 0.15) is 5.78 Å². The second-order valence-corrected chi connectivity index (χ2v) is 16.8. The molecule has 4 rings (SSSR count). The molecule has 3 heteroatoms. The molecule has 1 N–H and O–H groups in total. The maximum atomic E-state index is 14.0. The molecule has 7 atom stereocenters. The van der Waals surface area contributed by atoms with E-state index in [0.29, 0.717) is 40.3 Å². The normalized spacial score (nSPS) is 37.8. The molecule has 2 saturated carbocycles. The Labute approximate surface area is 236 Å². The topological polar surface area (TPSA) is 37.3 Å². The predicted molar refractivity (Wildman–Crippen MR) is 164 cm³/mol. The molecule has 4 aliphatic rings. The molecule has 2 nitrogen and oxygen atoms in total. The second-order valence-electron chi connectivity index (χ2n) is 15.2. The summed E-state index contributed by atoms with van der Waals surface area (Å²) >= 11 is 0. The number of allylic oxidation sites excluding steroid dienone is 5. The van der Waals surface area contributed by atoms with Crippen molar-refractivity contribution in [1.82, 2.24) is 0 Å². The molecule has 0 saturated heterocycles. The Morgan fingerprint density at radius 3 is 2.39 bits per heavy atom. The van der Waals surface area contributed by atoms with E-state index in [1.54, 1.807) is 5.57 Å². The van der Waals surface area contributed by atoms with E-state index >= 15 is 0 Å². The van der Waals surface area contributed by atoms with E-state index in [0.717, 1.165) is 32.1 Å². The van der Waals surface area contributed by atoms with Crippen LogP contribution in [0.15, 0.2) is 34.9 Å². The van der Waals surface area contributed by atoms with Crippen molar-refractivity contribution in [2.24, 2.45) is 45.3 Å². The number of carbonyl (C=O) groups is 1. The largest absolute Gasteiger partial charge is 0.391 e. The van der Waals surface area contributed by atoms with Crippen LogP contribution in [0.3, 0.4) is 0 Å². The number of carbonyl (C=O) groups excluding carboxylic acids is 1. The van der Waals surface area contributed by atoms with Gasteiger partial charge in [0, 0.05) is 39.5 Å². The SMILES string of the molecule is CCC(C)(C)C(C)(C)C1([SiH3])C(=O)CC2=CC=C3[C@@H]4CC=C([C@H](C)CC#CC(C)C)[C@@]4(C)CC[C@@H]3[C@@]2(C)C1O. The summed E-state index contributed by atoms with van der Waals surface area (Å²) < 4.78 is 0. The zero-order valence-corrected chi connectivity index (χ0v) is 28.2. The molecule has 0 amide bonds. The highest BCUT2D eigenvalue weighted by Crippen LogP contribution is 2.70. The maximum absolute atomic E-state index is 14.0. The van der Waals surface area contributed by atoms with Crippen LogP contribution in [0.4, 0.5) is 0 Å². The van der Waals surface area contributed by atoms with Crippen molar-refractivity contribution in [2.75, 3.05) is 0 Å². The van der Waals surface area contributed by atoms with Gasteiger partial charge in [-0.15, -0.1) is 11.8 Å². The van der Waals surface area contributed by atoms with Crippen LogP contribution in [-0.4, -0.2) is 27.2 Å². The van der Waals surface area contributed by atoms with Gasteiger partial charge in [-0.3, -0.25) is 4.79 Å². The summed E-state index contributed by atoms with van der Waals surface area (Å²) in [5.74, 6) is 8.76. The fourth-order valence-electron chi connectivity index (χ4n) is 8.94. The number of Topliss-reactive ketones (excluding diaryl/α,β-unsaturated/α-hetero) is 1. The quantitative estimate of drug-likeness (QED) is 0.229. The van der Waals surface area contributed by atoms with E-state index in [1.807, 2.05) is 0 Å². The van der Waals surface area contributed by atoms with Gasteiger partial charge in [0.2, 0.25) is 0 Å². The van der Waals surface area contributed by atoms with Gasteiger partial charge in [-0.1, -0.05) is 111 Å². The Balaban J connectivity index is 1.70. The van der Waals surface area contributed by atoms with Crippen molar-refractivity contribution < 1.29 is 9.90 Å². The highest BCUT2D eigenvalue weighted by Gasteiger charge is 2.67. The van der Waals surface area contributed by atoms with Crippen LogP contribution in [0.25, 0.3) is 0 Å². The Morgan fingerprint density at radius 1 is 1.13 bits per heavy atom. The lowest BCUT2D eigenvalue weighted by atomic mass is 9.44. The monoisotopic (exact) mass is 534 g/mol. The minimum Gasteiger partial charge on any atom is -0.391 e. The summed E-state index contributed by atoms with van der Waals surface area (Å²) in [7, 11) is 0.663. The fourth-order valence-corrected chi connectivity index (χ4v) is 10.4. The lowest BCUT2D eigenvalue weighted by Crippen LogP contribution is -2.63. The van der Waals surface area contributed by atoms with Crippen LogP contribution >= 0.6 is 0 Å². The van der Waals surface area contributed by atoms with Crippen molar-refractivity contribution in [3.63, 3.8) is 0 Å². The molecule has 0 aromatic rings. The summed E-state index contributed by atoms with van der Waals surface area (Å²) in [6.07, 6.45) is 12.2.